The number of nitrogens with one attached hydrogen (secondary N) is 1. The van der Waals surface area contributed by atoms with Gasteiger partial charge >= 0.3 is 6.18 Å². The van der Waals surface area contributed by atoms with Gasteiger partial charge in [-0.25, -0.2) is 0 Å². The number of hydrogen-bond donors (Lipinski definition) is 1. The van der Waals surface area contributed by atoms with E-state index in [2.05, 4.69) is 10.2 Å². The number of alkyl halides is 3. The molecule has 1 aliphatic heterocycles. The van der Waals surface area contributed by atoms with E-state index in [1.54, 1.807) is 0 Å². The van der Waals surface area contributed by atoms with E-state index >= 15 is 0 Å². The predicted molar refractivity (Wildman–Crippen MR) is 111 cm³/mol. The van der Waals surface area contributed by atoms with Crippen molar-refractivity contribution in [2.75, 3.05) is 25.0 Å². The average Bonchev–Trinajstić information content (AvgIpc) is 2.70. The van der Waals surface area contributed by atoms with Gasteiger partial charge in [0.2, 0.25) is 5.91 Å². The maximum Gasteiger partial charge on any atom is 0.417 e. The fraction of sp³-hybridized carbons (Fsp3) is 0.409. The van der Waals surface area contributed by atoms with E-state index in [1.807, 2.05) is 31.2 Å². The molecule has 0 unspecified atom stereocenters. The Morgan fingerprint density at radius 3 is 2.60 bits per heavy atom. The number of ether oxygens (including phenoxy) is 1. The summed E-state index contributed by atoms with van der Waals surface area (Å²) < 4.78 is 44.5. The minimum absolute atomic E-state index is 0.104. The van der Waals surface area contributed by atoms with Gasteiger partial charge < -0.3 is 10.1 Å². The van der Waals surface area contributed by atoms with Gasteiger partial charge in [0.25, 0.3) is 0 Å². The van der Waals surface area contributed by atoms with Crippen LogP contribution in [0.1, 0.15) is 30.9 Å². The number of halogens is 4. The van der Waals surface area contributed by atoms with Crippen LogP contribution in [0.15, 0.2) is 42.5 Å². The van der Waals surface area contributed by atoms with Crippen LogP contribution in [0.25, 0.3) is 0 Å². The molecule has 0 spiro atoms. The summed E-state index contributed by atoms with van der Waals surface area (Å²) in [7, 11) is 0. The Hall–Kier alpha value is -2.25. The summed E-state index contributed by atoms with van der Waals surface area (Å²) in [6.07, 6.45) is -3.27. The zero-order valence-electron chi connectivity index (χ0n) is 16.6. The third-order valence-corrected chi connectivity index (χ3v) is 5.44. The Morgan fingerprint density at radius 2 is 1.93 bits per heavy atom. The monoisotopic (exact) mass is 440 g/mol. The van der Waals surface area contributed by atoms with Crippen LogP contribution in [-0.2, 0) is 17.5 Å². The summed E-state index contributed by atoms with van der Waals surface area (Å²) in [5.41, 5.74) is 0.294. The quantitative estimate of drug-likeness (QED) is 0.635. The van der Waals surface area contributed by atoms with Gasteiger partial charge in [-0.05, 0) is 68.8 Å². The number of anilines is 1. The number of likely N-dealkylation sites (tertiary alicyclic amines) is 1. The molecule has 1 aliphatic rings. The lowest BCUT2D eigenvalue weighted by Crippen LogP contribution is -2.37. The third kappa shape index (κ3) is 5.89. The number of piperidine rings is 1. The van der Waals surface area contributed by atoms with Crippen molar-refractivity contribution in [3.8, 4) is 5.75 Å². The first-order valence-electron chi connectivity index (χ1n) is 9.88. The highest BCUT2D eigenvalue weighted by molar-refractivity contribution is 6.31. The van der Waals surface area contributed by atoms with Crippen LogP contribution in [0.2, 0.25) is 5.02 Å². The second-order valence-electron chi connectivity index (χ2n) is 7.31. The molecule has 0 bridgehead atoms. The third-order valence-electron chi connectivity index (χ3n) is 5.11. The smallest absolute Gasteiger partial charge is 0.417 e. The Morgan fingerprint density at radius 1 is 1.20 bits per heavy atom. The molecule has 0 aromatic heterocycles. The summed E-state index contributed by atoms with van der Waals surface area (Å²) in [5.74, 6) is 0.343. The number of carbonyl (C=O) groups excluding carboxylic acids is 1. The lowest BCUT2D eigenvalue weighted by molar-refractivity contribution is -0.137. The van der Waals surface area contributed by atoms with Crippen molar-refractivity contribution >= 4 is 23.2 Å². The standard InChI is InChI=1S/C22H24ClF3N2O2/c1-2-30-18-5-3-4-15(12-18)14-28-10-8-16(9-11-28)21(29)27-17-6-7-20(23)19(13-17)22(24,25)26/h3-7,12-13,16H,2,8-11,14H2,1H3,(H,27,29). The van der Waals surface area contributed by atoms with Gasteiger partial charge in [0, 0.05) is 18.2 Å². The summed E-state index contributed by atoms with van der Waals surface area (Å²) in [4.78, 5) is 14.8. The molecule has 2 aromatic rings. The van der Waals surface area contributed by atoms with E-state index in [1.165, 1.54) is 6.07 Å². The van der Waals surface area contributed by atoms with Crippen LogP contribution >= 0.6 is 11.6 Å². The first-order valence-corrected chi connectivity index (χ1v) is 10.3. The highest BCUT2D eigenvalue weighted by atomic mass is 35.5. The number of amides is 1. The number of hydrogen-bond acceptors (Lipinski definition) is 3. The molecular weight excluding hydrogens is 417 g/mol. The van der Waals surface area contributed by atoms with E-state index < -0.39 is 11.7 Å². The zero-order valence-corrected chi connectivity index (χ0v) is 17.4. The van der Waals surface area contributed by atoms with E-state index in [4.69, 9.17) is 16.3 Å². The Balaban J connectivity index is 1.54. The molecule has 0 atom stereocenters. The molecule has 0 saturated carbocycles. The van der Waals surface area contributed by atoms with Gasteiger partial charge in [-0.2, -0.15) is 13.2 Å². The largest absolute Gasteiger partial charge is 0.494 e. The van der Waals surface area contributed by atoms with Crippen LogP contribution in [0.3, 0.4) is 0 Å². The molecule has 4 nitrogen and oxygen atoms in total. The van der Waals surface area contributed by atoms with Gasteiger partial charge in [0.15, 0.2) is 0 Å². The molecule has 1 fully saturated rings. The van der Waals surface area contributed by atoms with E-state index in [0.29, 0.717) is 19.4 Å². The first kappa shape index (κ1) is 22.4. The summed E-state index contributed by atoms with van der Waals surface area (Å²) in [6, 6.07) is 11.4. The van der Waals surface area contributed by atoms with E-state index in [9.17, 15) is 18.0 Å². The lowest BCUT2D eigenvalue weighted by atomic mass is 9.95. The Kier molecular flexibility index (Phi) is 7.26. The van der Waals surface area contributed by atoms with Crippen LogP contribution in [-0.4, -0.2) is 30.5 Å². The van der Waals surface area contributed by atoms with Crippen molar-refractivity contribution in [2.24, 2.45) is 5.92 Å². The Bertz CT molecular complexity index is 881. The Labute approximate surface area is 179 Å². The SMILES string of the molecule is CCOc1cccc(CN2CCC(C(=O)Nc3ccc(Cl)c(C(F)(F)F)c3)CC2)c1. The number of rotatable bonds is 6. The van der Waals surface area contributed by atoms with Crippen molar-refractivity contribution in [3.05, 3.63) is 58.6 Å². The van der Waals surface area contributed by atoms with Gasteiger partial charge in [0.1, 0.15) is 5.75 Å². The van der Waals surface area contributed by atoms with Crippen molar-refractivity contribution in [2.45, 2.75) is 32.5 Å². The maximum absolute atomic E-state index is 13.0. The summed E-state index contributed by atoms with van der Waals surface area (Å²) in [6.45, 7) is 4.80. The molecule has 1 amide bonds. The predicted octanol–water partition coefficient (Wildman–Crippen LogP) is 5.61. The summed E-state index contributed by atoms with van der Waals surface area (Å²) >= 11 is 5.63. The minimum Gasteiger partial charge on any atom is -0.494 e. The van der Waals surface area contributed by atoms with Gasteiger partial charge in [0.05, 0.1) is 17.2 Å². The average molecular weight is 441 g/mol. The second kappa shape index (κ2) is 9.71. The maximum atomic E-state index is 13.0. The molecule has 30 heavy (non-hydrogen) atoms. The fourth-order valence-electron chi connectivity index (χ4n) is 3.58. The lowest BCUT2D eigenvalue weighted by Gasteiger charge is -2.31. The number of benzene rings is 2. The molecule has 2 aromatic carbocycles. The van der Waals surface area contributed by atoms with E-state index in [0.717, 1.165) is 43.1 Å². The molecule has 0 radical (unpaired) electrons. The van der Waals surface area contributed by atoms with Crippen molar-refractivity contribution < 1.29 is 22.7 Å². The van der Waals surface area contributed by atoms with Crippen LogP contribution in [0, 0.1) is 5.92 Å². The number of carbonyl (C=O) groups is 1. The van der Waals surface area contributed by atoms with Crippen LogP contribution in [0.5, 0.6) is 5.75 Å². The van der Waals surface area contributed by atoms with Gasteiger partial charge in [-0.15, -0.1) is 0 Å². The molecule has 162 valence electrons. The molecule has 3 rings (SSSR count). The van der Waals surface area contributed by atoms with Gasteiger partial charge in [-0.1, -0.05) is 23.7 Å². The van der Waals surface area contributed by atoms with Crippen LogP contribution in [0.4, 0.5) is 18.9 Å². The molecule has 1 heterocycles. The molecule has 8 heteroatoms. The highest BCUT2D eigenvalue weighted by Crippen LogP contribution is 2.36. The highest BCUT2D eigenvalue weighted by Gasteiger charge is 2.33. The van der Waals surface area contributed by atoms with Crippen molar-refractivity contribution in [3.63, 3.8) is 0 Å². The first-order chi connectivity index (χ1) is 14.3. The van der Waals surface area contributed by atoms with Crippen molar-refractivity contribution in [1.29, 1.82) is 0 Å². The number of nitrogens with zero attached hydrogens (tertiary/aromatic N) is 1. The normalized spacial score (nSPS) is 15.8. The van der Waals surface area contributed by atoms with E-state index in [-0.39, 0.29) is 22.5 Å². The summed E-state index contributed by atoms with van der Waals surface area (Å²) in [5, 5.41) is 2.22. The topological polar surface area (TPSA) is 41.6 Å². The van der Waals surface area contributed by atoms with Crippen molar-refractivity contribution in [1.82, 2.24) is 4.90 Å². The minimum atomic E-state index is -4.57. The molecule has 0 aliphatic carbocycles. The molecule has 1 saturated heterocycles. The van der Waals surface area contributed by atoms with Gasteiger partial charge in [-0.3, -0.25) is 9.69 Å². The second-order valence-corrected chi connectivity index (χ2v) is 7.72. The fourth-order valence-corrected chi connectivity index (χ4v) is 3.80. The zero-order chi connectivity index (χ0) is 21.7. The van der Waals surface area contributed by atoms with Crippen LogP contribution < -0.4 is 10.1 Å². The molecular formula is C22H24ClF3N2O2. The molecule has 1 N–H and O–H groups in total.